The number of rotatable bonds is 6. The highest BCUT2D eigenvalue weighted by atomic mass is 19.1. The fourth-order valence-corrected chi connectivity index (χ4v) is 1.87. The second kappa shape index (κ2) is 7.39. The van der Waals surface area contributed by atoms with Crippen LogP contribution in [-0.4, -0.2) is 29.2 Å². The third-order valence-corrected chi connectivity index (χ3v) is 2.91. The van der Waals surface area contributed by atoms with Gasteiger partial charge in [-0.2, -0.15) is 0 Å². The Balaban J connectivity index is 2.29. The van der Waals surface area contributed by atoms with E-state index in [9.17, 15) is 4.39 Å². The number of hydrogen-bond acceptors (Lipinski definition) is 5. The summed E-state index contributed by atoms with van der Waals surface area (Å²) in [5.41, 5.74) is 7.45. The average Bonchev–Trinajstić information content (AvgIpc) is 2.50. The Kier molecular flexibility index (Phi) is 5.29. The van der Waals surface area contributed by atoms with Gasteiger partial charge in [0.2, 0.25) is 0 Å². The molecule has 0 saturated heterocycles. The molecule has 0 aromatic heterocycles. The molecule has 0 bridgehead atoms. The molecule has 0 heterocycles. The van der Waals surface area contributed by atoms with Crippen molar-refractivity contribution in [1.29, 1.82) is 0 Å². The quantitative estimate of drug-likeness (QED) is 0.279. The minimum atomic E-state index is -0.367. The number of hydrogen-bond donors (Lipinski definition) is 4. The first-order chi connectivity index (χ1) is 10.6. The van der Waals surface area contributed by atoms with Gasteiger partial charge in [0.25, 0.3) is 0 Å². The fourth-order valence-electron chi connectivity index (χ4n) is 1.87. The first kappa shape index (κ1) is 15.7. The largest absolute Gasteiger partial charge is 0.394 e. The predicted octanol–water partition coefficient (Wildman–Crippen LogP) is 1.36. The number of nitrogens with zero attached hydrogens (tertiary/aromatic N) is 2. The fraction of sp³-hybridized carbons (Fsp3) is 0.133. The molecule has 0 atom stereocenters. The second-order valence-electron chi connectivity index (χ2n) is 4.52. The molecule has 0 aliphatic carbocycles. The van der Waals surface area contributed by atoms with Gasteiger partial charge in [-0.1, -0.05) is 24.3 Å². The summed E-state index contributed by atoms with van der Waals surface area (Å²) in [5.74, 6) is 5.37. The molecule has 7 heteroatoms. The summed E-state index contributed by atoms with van der Waals surface area (Å²) in [6.45, 7) is 0.0199. The number of benzene rings is 2. The lowest BCUT2D eigenvalue weighted by molar-refractivity contribution is 0.204. The van der Waals surface area contributed by atoms with Crippen molar-refractivity contribution in [1.82, 2.24) is 5.12 Å². The third kappa shape index (κ3) is 3.94. The van der Waals surface area contributed by atoms with Crippen molar-refractivity contribution in [2.75, 3.05) is 18.5 Å². The molecule has 0 fully saturated rings. The number of para-hydroxylation sites is 2. The highest BCUT2D eigenvalue weighted by molar-refractivity contribution is 6.02. The van der Waals surface area contributed by atoms with Gasteiger partial charge in [0.05, 0.1) is 18.8 Å². The van der Waals surface area contributed by atoms with Crippen LogP contribution in [0.15, 0.2) is 53.6 Å². The van der Waals surface area contributed by atoms with Gasteiger partial charge < -0.3 is 16.2 Å². The second-order valence-corrected chi connectivity index (χ2v) is 4.52. The molecule has 6 nitrogen and oxygen atoms in total. The van der Waals surface area contributed by atoms with E-state index in [0.29, 0.717) is 16.9 Å². The molecule has 0 amide bonds. The number of nitrogens with one attached hydrogen (secondary N) is 1. The standard InChI is InChI=1S/C15H18FN5O/c16-12-6-2-4-8-14(12)19-13-7-3-1-5-11(13)15(17)20-21(18)9-10-22/h1-8,19,22H,9-10,18H2,(H2,17,20). The van der Waals surface area contributed by atoms with E-state index in [1.54, 1.807) is 42.5 Å². The maximum Gasteiger partial charge on any atom is 0.154 e. The normalized spacial score (nSPS) is 11.3. The van der Waals surface area contributed by atoms with E-state index in [2.05, 4.69) is 10.4 Å². The number of nitrogens with two attached hydrogens (primary N) is 2. The molecule has 0 saturated carbocycles. The summed E-state index contributed by atoms with van der Waals surface area (Å²) in [5, 5.41) is 16.8. The lowest BCUT2D eigenvalue weighted by Gasteiger charge is -2.15. The van der Waals surface area contributed by atoms with Gasteiger partial charge in [-0.15, -0.1) is 5.10 Å². The van der Waals surface area contributed by atoms with Gasteiger partial charge in [0.15, 0.2) is 5.84 Å². The number of halogens is 1. The SMILES string of the molecule is N/C(=N\N(N)CCO)c1ccccc1Nc1ccccc1F. The van der Waals surface area contributed by atoms with Crippen molar-refractivity contribution in [2.45, 2.75) is 0 Å². The number of hydrazone groups is 1. The summed E-state index contributed by atoms with van der Waals surface area (Å²) in [4.78, 5) is 0. The van der Waals surface area contributed by atoms with Crippen molar-refractivity contribution < 1.29 is 9.50 Å². The number of anilines is 2. The van der Waals surface area contributed by atoms with Crippen molar-refractivity contribution in [2.24, 2.45) is 16.7 Å². The molecular weight excluding hydrogens is 285 g/mol. The molecule has 0 aliphatic rings. The zero-order valence-electron chi connectivity index (χ0n) is 11.9. The summed E-state index contributed by atoms with van der Waals surface area (Å²) in [6.07, 6.45) is 0. The van der Waals surface area contributed by atoms with E-state index < -0.39 is 0 Å². The first-order valence-electron chi connectivity index (χ1n) is 6.70. The average molecular weight is 303 g/mol. The summed E-state index contributed by atoms with van der Waals surface area (Å²) >= 11 is 0. The maximum absolute atomic E-state index is 13.7. The molecule has 0 aliphatic heterocycles. The Morgan fingerprint density at radius 1 is 1.14 bits per heavy atom. The number of amidine groups is 1. The maximum atomic E-state index is 13.7. The Morgan fingerprint density at radius 3 is 2.45 bits per heavy atom. The number of hydrazine groups is 1. The molecule has 22 heavy (non-hydrogen) atoms. The smallest absolute Gasteiger partial charge is 0.154 e. The van der Waals surface area contributed by atoms with Crippen LogP contribution in [0.2, 0.25) is 0 Å². The van der Waals surface area contributed by atoms with Gasteiger partial charge in [-0.25, -0.2) is 15.4 Å². The lowest BCUT2D eigenvalue weighted by Crippen LogP contribution is -2.32. The van der Waals surface area contributed by atoms with Crippen LogP contribution in [0.1, 0.15) is 5.56 Å². The van der Waals surface area contributed by atoms with Crippen LogP contribution in [0.3, 0.4) is 0 Å². The zero-order valence-corrected chi connectivity index (χ0v) is 11.9. The minimum Gasteiger partial charge on any atom is -0.394 e. The van der Waals surface area contributed by atoms with Crippen LogP contribution in [0.25, 0.3) is 0 Å². The molecular formula is C15H18FN5O. The van der Waals surface area contributed by atoms with Gasteiger partial charge in [0, 0.05) is 11.3 Å². The Hall–Kier alpha value is -2.64. The highest BCUT2D eigenvalue weighted by Gasteiger charge is 2.09. The molecule has 2 rings (SSSR count). The molecule has 2 aromatic carbocycles. The molecule has 2 aromatic rings. The van der Waals surface area contributed by atoms with Gasteiger partial charge in [0.1, 0.15) is 5.82 Å². The van der Waals surface area contributed by atoms with Crippen molar-refractivity contribution >= 4 is 17.2 Å². The molecule has 116 valence electrons. The lowest BCUT2D eigenvalue weighted by atomic mass is 10.1. The highest BCUT2D eigenvalue weighted by Crippen LogP contribution is 2.22. The van der Waals surface area contributed by atoms with E-state index in [1.165, 1.54) is 6.07 Å². The first-order valence-corrected chi connectivity index (χ1v) is 6.70. The van der Waals surface area contributed by atoms with Crippen LogP contribution in [0.4, 0.5) is 15.8 Å². The van der Waals surface area contributed by atoms with Crippen LogP contribution in [0.5, 0.6) is 0 Å². The van der Waals surface area contributed by atoms with E-state index in [-0.39, 0.29) is 24.8 Å². The summed E-state index contributed by atoms with van der Waals surface area (Å²) in [7, 11) is 0. The summed E-state index contributed by atoms with van der Waals surface area (Å²) < 4.78 is 13.7. The van der Waals surface area contributed by atoms with E-state index in [0.717, 1.165) is 5.12 Å². The van der Waals surface area contributed by atoms with Crippen LogP contribution < -0.4 is 16.9 Å². The van der Waals surface area contributed by atoms with Crippen molar-refractivity contribution in [3.8, 4) is 0 Å². The third-order valence-electron chi connectivity index (χ3n) is 2.91. The Morgan fingerprint density at radius 2 is 1.77 bits per heavy atom. The molecule has 0 radical (unpaired) electrons. The van der Waals surface area contributed by atoms with Crippen LogP contribution in [-0.2, 0) is 0 Å². The predicted molar refractivity (Wildman–Crippen MR) is 84.8 cm³/mol. The molecule has 0 spiro atoms. The van der Waals surface area contributed by atoms with E-state index >= 15 is 0 Å². The van der Waals surface area contributed by atoms with E-state index in [1.807, 2.05) is 0 Å². The number of aliphatic hydroxyl groups excluding tert-OH is 1. The van der Waals surface area contributed by atoms with Crippen molar-refractivity contribution in [3.63, 3.8) is 0 Å². The van der Waals surface area contributed by atoms with Gasteiger partial charge in [-0.3, -0.25) is 0 Å². The van der Waals surface area contributed by atoms with E-state index in [4.69, 9.17) is 16.7 Å². The Bertz CT molecular complexity index is 662. The minimum absolute atomic E-state index is 0.137. The number of aliphatic hydroxyl groups is 1. The Labute approximate surface area is 127 Å². The summed E-state index contributed by atoms with van der Waals surface area (Å²) in [6, 6.07) is 13.4. The molecule has 0 unspecified atom stereocenters. The van der Waals surface area contributed by atoms with Crippen molar-refractivity contribution in [3.05, 3.63) is 59.9 Å². The van der Waals surface area contributed by atoms with Gasteiger partial charge in [-0.05, 0) is 24.3 Å². The monoisotopic (exact) mass is 303 g/mol. The van der Waals surface area contributed by atoms with Crippen LogP contribution >= 0.6 is 0 Å². The molecule has 6 N–H and O–H groups in total. The van der Waals surface area contributed by atoms with Crippen LogP contribution in [0, 0.1) is 5.82 Å². The zero-order chi connectivity index (χ0) is 15.9. The topological polar surface area (TPSA) is 99.9 Å². The van der Waals surface area contributed by atoms with Gasteiger partial charge >= 0.3 is 0 Å².